The van der Waals surface area contributed by atoms with E-state index in [4.69, 9.17) is 21.8 Å². The van der Waals surface area contributed by atoms with Crippen LogP contribution in [0.25, 0.3) is 0 Å². The van der Waals surface area contributed by atoms with Gasteiger partial charge in [0.05, 0.1) is 23.4 Å². The Balaban J connectivity index is 3.22. The fourth-order valence-electron chi connectivity index (χ4n) is 0.893. The first-order valence-corrected chi connectivity index (χ1v) is 4.01. The summed E-state index contributed by atoms with van der Waals surface area (Å²) in [6, 6.07) is 0. The van der Waals surface area contributed by atoms with Gasteiger partial charge in [-0.2, -0.15) is 5.10 Å². The second-order valence-electron chi connectivity index (χ2n) is 2.49. The fraction of sp³-hybridized carbons (Fsp3) is 0.286. The molecule has 0 atom stereocenters. The molecule has 0 aromatic carbocycles. The average Bonchev–Trinajstić information content (AvgIpc) is 2.10. The number of carboxylic acids is 1. The van der Waals surface area contributed by atoms with Gasteiger partial charge < -0.3 is 10.2 Å². The molecule has 0 aliphatic heterocycles. The van der Waals surface area contributed by atoms with Crippen molar-refractivity contribution < 1.29 is 15.0 Å². The Morgan fingerprint density at radius 2 is 2.29 bits per heavy atom. The highest BCUT2D eigenvalue weighted by molar-refractivity contribution is 6.31. The molecule has 76 valence electrons. The maximum Gasteiger partial charge on any atom is 0.325 e. The van der Waals surface area contributed by atoms with Crippen molar-refractivity contribution >= 4 is 17.6 Å². The van der Waals surface area contributed by atoms with Gasteiger partial charge in [-0.15, -0.1) is 0 Å². The zero-order valence-corrected chi connectivity index (χ0v) is 7.73. The second kappa shape index (κ2) is 4.21. The molecule has 1 aromatic heterocycles. The number of hydrogen-bond donors (Lipinski definition) is 2. The van der Waals surface area contributed by atoms with E-state index in [-0.39, 0.29) is 10.6 Å². The second-order valence-corrected chi connectivity index (χ2v) is 2.89. The standard InChI is InChI=1S/C7H7ClN2O4/c8-5-1-9-10(2-6(12)13)7(14)4(5)3-11/h1,11H,2-3H2,(H,12,13). The van der Waals surface area contributed by atoms with Crippen molar-refractivity contribution in [2.75, 3.05) is 0 Å². The first-order valence-electron chi connectivity index (χ1n) is 3.63. The van der Waals surface area contributed by atoms with Crippen LogP contribution in [0.1, 0.15) is 5.56 Å². The Bertz CT molecular complexity index is 415. The number of halogens is 1. The number of aliphatic hydroxyl groups excluding tert-OH is 1. The minimum atomic E-state index is -1.19. The molecule has 0 unspecified atom stereocenters. The van der Waals surface area contributed by atoms with E-state index in [1.165, 1.54) is 0 Å². The summed E-state index contributed by atoms with van der Waals surface area (Å²) < 4.78 is 0.722. The molecule has 7 heteroatoms. The summed E-state index contributed by atoms with van der Waals surface area (Å²) in [5.74, 6) is -1.19. The maximum atomic E-state index is 11.3. The van der Waals surface area contributed by atoms with E-state index in [0.29, 0.717) is 0 Å². The third-order valence-corrected chi connectivity index (χ3v) is 1.86. The number of carbonyl (C=O) groups is 1. The number of aromatic nitrogens is 2. The van der Waals surface area contributed by atoms with Crippen LogP contribution in [0.4, 0.5) is 0 Å². The van der Waals surface area contributed by atoms with Crippen LogP contribution in [0.3, 0.4) is 0 Å². The number of aliphatic hydroxyl groups is 1. The normalized spacial score (nSPS) is 10.1. The lowest BCUT2D eigenvalue weighted by molar-refractivity contribution is -0.138. The van der Waals surface area contributed by atoms with Gasteiger partial charge in [0.25, 0.3) is 5.56 Å². The highest BCUT2D eigenvalue weighted by Crippen LogP contribution is 2.08. The van der Waals surface area contributed by atoms with E-state index in [9.17, 15) is 9.59 Å². The molecule has 14 heavy (non-hydrogen) atoms. The topological polar surface area (TPSA) is 92.4 Å². The van der Waals surface area contributed by atoms with Gasteiger partial charge >= 0.3 is 5.97 Å². The highest BCUT2D eigenvalue weighted by Gasteiger charge is 2.10. The van der Waals surface area contributed by atoms with Gasteiger partial charge in [-0.1, -0.05) is 11.6 Å². The van der Waals surface area contributed by atoms with Crippen molar-refractivity contribution in [3.8, 4) is 0 Å². The van der Waals surface area contributed by atoms with Crippen LogP contribution >= 0.6 is 11.6 Å². The van der Waals surface area contributed by atoms with E-state index in [1.807, 2.05) is 0 Å². The quantitative estimate of drug-likeness (QED) is 0.712. The van der Waals surface area contributed by atoms with Gasteiger partial charge in [0.1, 0.15) is 6.54 Å². The van der Waals surface area contributed by atoms with E-state index < -0.39 is 24.7 Å². The highest BCUT2D eigenvalue weighted by atomic mass is 35.5. The van der Waals surface area contributed by atoms with Crippen LogP contribution < -0.4 is 5.56 Å². The molecule has 1 rings (SSSR count). The molecule has 0 saturated heterocycles. The monoisotopic (exact) mass is 218 g/mol. The summed E-state index contributed by atoms with van der Waals surface area (Å²) in [6.07, 6.45) is 1.12. The summed E-state index contributed by atoms with van der Waals surface area (Å²) in [6.45, 7) is -1.09. The fourth-order valence-corrected chi connectivity index (χ4v) is 1.08. The van der Waals surface area contributed by atoms with Crippen LogP contribution in [0, 0.1) is 0 Å². The van der Waals surface area contributed by atoms with Gasteiger partial charge in [0.2, 0.25) is 0 Å². The molecule has 0 spiro atoms. The van der Waals surface area contributed by atoms with Gasteiger partial charge in [0, 0.05) is 0 Å². The molecule has 0 fully saturated rings. The molecule has 0 radical (unpaired) electrons. The van der Waals surface area contributed by atoms with Crippen LogP contribution in [-0.2, 0) is 17.9 Å². The molecule has 0 aliphatic carbocycles. The summed E-state index contributed by atoms with van der Waals surface area (Å²) in [7, 11) is 0. The first kappa shape index (κ1) is 10.7. The number of carboxylic acid groups (broad SMARTS) is 1. The van der Waals surface area contributed by atoms with Crippen molar-refractivity contribution in [3.05, 3.63) is 27.1 Å². The maximum absolute atomic E-state index is 11.3. The van der Waals surface area contributed by atoms with Crippen molar-refractivity contribution in [2.45, 2.75) is 13.2 Å². The zero-order chi connectivity index (χ0) is 10.7. The smallest absolute Gasteiger partial charge is 0.325 e. The third-order valence-electron chi connectivity index (χ3n) is 1.53. The molecule has 1 heterocycles. The Hall–Kier alpha value is -1.40. The predicted molar refractivity (Wildman–Crippen MR) is 47.1 cm³/mol. The average molecular weight is 219 g/mol. The van der Waals surface area contributed by atoms with Crippen molar-refractivity contribution in [1.82, 2.24) is 9.78 Å². The Morgan fingerprint density at radius 1 is 1.64 bits per heavy atom. The van der Waals surface area contributed by atoms with Crippen molar-refractivity contribution in [1.29, 1.82) is 0 Å². The van der Waals surface area contributed by atoms with E-state index in [1.54, 1.807) is 0 Å². The molecule has 0 amide bonds. The minimum Gasteiger partial charge on any atom is -0.480 e. The molecule has 2 N–H and O–H groups in total. The lowest BCUT2D eigenvalue weighted by atomic mass is 10.3. The number of rotatable bonds is 3. The molecule has 1 aromatic rings. The number of nitrogens with zero attached hydrogens (tertiary/aromatic N) is 2. The molecule has 0 saturated carbocycles. The SMILES string of the molecule is O=C(O)Cn1ncc(Cl)c(CO)c1=O. The van der Waals surface area contributed by atoms with Crippen molar-refractivity contribution in [3.63, 3.8) is 0 Å². The van der Waals surface area contributed by atoms with Crippen molar-refractivity contribution in [2.24, 2.45) is 0 Å². The largest absolute Gasteiger partial charge is 0.480 e. The van der Waals surface area contributed by atoms with Crippen LogP contribution in [0.15, 0.2) is 11.0 Å². The molecular weight excluding hydrogens is 212 g/mol. The predicted octanol–water partition coefficient (Wildman–Crippen LogP) is -0.526. The van der Waals surface area contributed by atoms with Gasteiger partial charge in [-0.25, -0.2) is 4.68 Å². The minimum absolute atomic E-state index is 0.0270. The molecule has 0 aliphatic rings. The Labute approximate surface area is 83.4 Å². The van der Waals surface area contributed by atoms with Gasteiger partial charge in [0.15, 0.2) is 0 Å². The lowest BCUT2D eigenvalue weighted by Crippen LogP contribution is -2.29. The number of hydrogen-bond acceptors (Lipinski definition) is 4. The third kappa shape index (κ3) is 2.09. The number of aliphatic carboxylic acids is 1. The van der Waals surface area contributed by atoms with E-state index in [0.717, 1.165) is 10.9 Å². The van der Waals surface area contributed by atoms with E-state index in [2.05, 4.69) is 5.10 Å². The van der Waals surface area contributed by atoms with Crippen LogP contribution in [-0.4, -0.2) is 26.0 Å². The summed E-state index contributed by atoms with van der Waals surface area (Å²) >= 11 is 5.55. The van der Waals surface area contributed by atoms with Crippen LogP contribution in [0.5, 0.6) is 0 Å². The van der Waals surface area contributed by atoms with Gasteiger partial charge in [-0.3, -0.25) is 9.59 Å². The molecular formula is C7H7ClN2O4. The Morgan fingerprint density at radius 3 is 2.79 bits per heavy atom. The van der Waals surface area contributed by atoms with Crippen LogP contribution in [0.2, 0.25) is 5.02 Å². The van der Waals surface area contributed by atoms with Gasteiger partial charge in [-0.05, 0) is 0 Å². The summed E-state index contributed by atoms with van der Waals surface area (Å²) in [5.41, 5.74) is -0.745. The Kier molecular flexibility index (Phi) is 3.21. The lowest BCUT2D eigenvalue weighted by Gasteiger charge is -2.03. The summed E-state index contributed by atoms with van der Waals surface area (Å²) in [4.78, 5) is 21.7. The van der Waals surface area contributed by atoms with E-state index >= 15 is 0 Å². The summed E-state index contributed by atoms with van der Waals surface area (Å²) in [5, 5.41) is 20.7. The molecule has 0 bridgehead atoms. The first-order chi connectivity index (χ1) is 6.56. The molecule has 6 nitrogen and oxygen atoms in total. The zero-order valence-electron chi connectivity index (χ0n) is 6.97.